The SMILES string of the molecule is N=C(N)CCN(CC1Cc2ccccc21)c1ccccc1. The maximum Gasteiger partial charge on any atom is 0.0923 e. The van der Waals surface area contributed by atoms with E-state index in [1.165, 1.54) is 16.8 Å². The van der Waals surface area contributed by atoms with Gasteiger partial charge in [0.1, 0.15) is 0 Å². The van der Waals surface area contributed by atoms with Gasteiger partial charge in [0, 0.05) is 31.1 Å². The predicted octanol–water partition coefficient (Wildman–Crippen LogP) is 3.16. The van der Waals surface area contributed by atoms with Crippen molar-refractivity contribution in [2.45, 2.75) is 18.8 Å². The van der Waals surface area contributed by atoms with Gasteiger partial charge in [-0.15, -0.1) is 0 Å². The van der Waals surface area contributed by atoms with Crippen molar-refractivity contribution in [3.63, 3.8) is 0 Å². The summed E-state index contributed by atoms with van der Waals surface area (Å²) in [7, 11) is 0. The second kappa shape index (κ2) is 6.00. The summed E-state index contributed by atoms with van der Waals surface area (Å²) in [6.45, 7) is 1.80. The van der Waals surface area contributed by atoms with Gasteiger partial charge in [-0.1, -0.05) is 42.5 Å². The Bertz CT molecular complexity index is 621. The lowest BCUT2D eigenvalue weighted by atomic mass is 9.77. The standard InChI is InChI=1S/C18H21N3/c19-18(20)10-11-21(16-7-2-1-3-8-16)13-15-12-14-6-4-5-9-17(14)15/h1-9,15H,10-13H2,(H3,19,20). The molecule has 1 aliphatic carbocycles. The van der Waals surface area contributed by atoms with Gasteiger partial charge in [0.15, 0.2) is 0 Å². The van der Waals surface area contributed by atoms with Crippen molar-refractivity contribution in [3.8, 4) is 0 Å². The number of nitrogens with zero attached hydrogens (tertiary/aromatic N) is 1. The quantitative estimate of drug-likeness (QED) is 0.630. The maximum absolute atomic E-state index is 7.46. The van der Waals surface area contributed by atoms with Crippen LogP contribution in [0.1, 0.15) is 23.5 Å². The first-order valence-electron chi connectivity index (χ1n) is 7.45. The fraction of sp³-hybridized carbons (Fsp3) is 0.278. The lowest BCUT2D eigenvalue weighted by Crippen LogP contribution is -2.35. The molecule has 1 aliphatic rings. The minimum absolute atomic E-state index is 0.255. The zero-order valence-corrected chi connectivity index (χ0v) is 12.1. The number of benzene rings is 2. The van der Waals surface area contributed by atoms with Gasteiger partial charge in [0.05, 0.1) is 5.84 Å². The minimum atomic E-state index is 0.255. The van der Waals surface area contributed by atoms with Gasteiger partial charge in [0.2, 0.25) is 0 Å². The highest BCUT2D eigenvalue weighted by molar-refractivity contribution is 5.77. The Kier molecular flexibility index (Phi) is 3.91. The Hall–Kier alpha value is -2.29. The molecule has 21 heavy (non-hydrogen) atoms. The summed E-state index contributed by atoms with van der Waals surface area (Å²) in [5.74, 6) is 0.846. The highest BCUT2D eigenvalue weighted by Gasteiger charge is 2.27. The molecule has 0 spiro atoms. The average Bonchev–Trinajstić information content (AvgIpc) is 2.48. The summed E-state index contributed by atoms with van der Waals surface area (Å²) < 4.78 is 0. The monoisotopic (exact) mass is 279 g/mol. The van der Waals surface area contributed by atoms with E-state index in [0.717, 1.165) is 19.5 Å². The highest BCUT2D eigenvalue weighted by atomic mass is 15.1. The van der Waals surface area contributed by atoms with Crippen LogP contribution in [0.3, 0.4) is 0 Å². The summed E-state index contributed by atoms with van der Waals surface area (Å²) in [5, 5.41) is 7.46. The number of hydrogen-bond donors (Lipinski definition) is 2. The van der Waals surface area contributed by atoms with Crippen LogP contribution in [-0.4, -0.2) is 18.9 Å². The van der Waals surface area contributed by atoms with Crippen LogP contribution in [-0.2, 0) is 6.42 Å². The number of hydrogen-bond acceptors (Lipinski definition) is 2. The molecule has 108 valence electrons. The highest BCUT2D eigenvalue weighted by Crippen LogP contribution is 2.36. The van der Waals surface area contributed by atoms with E-state index < -0.39 is 0 Å². The second-order valence-electron chi connectivity index (χ2n) is 5.66. The maximum atomic E-state index is 7.46. The Morgan fingerprint density at radius 2 is 1.81 bits per heavy atom. The van der Waals surface area contributed by atoms with Crippen LogP contribution in [0.4, 0.5) is 5.69 Å². The number of nitrogens with one attached hydrogen (secondary N) is 1. The molecule has 0 saturated heterocycles. The Morgan fingerprint density at radius 3 is 2.52 bits per heavy atom. The summed E-state index contributed by atoms with van der Waals surface area (Å²) in [4.78, 5) is 2.35. The normalized spacial score (nSPS) is 15.9. The molecular weight excluding hydrogens is 258 g/mol. The smallest absolute Gasteiger partial charge is 0.0923 e. The molecule has 3 heteroatoms. The van der Waals surface area contributed by atoms with E-state index in [9.17, 15) is 0 Å². The van der Waals surface area contributed by atoms with Crippen molar-refractivity contribution in [1.82, 2.24) is 0 Å². The van der Waals surface area contributed by atoms with E-state index in [4.69, 9.17) is 11.1 Å². The van der Waals surface area contributed by atoms with E-state index in [-0.39, 0.29) is 5.84 Å². The summed E-state index contributed by atoms with van der Waals surface area (Å²) in [6.07, 6.45) is 1.77. The first-order chi connectivity index (χ1) is 10.2. The van der Waals surface area contributed by atoms with Crippen molar-refractivity contribution >= 4 is 11.5 Å². The molecule has 0 amide bonds. The third-order valence-electron chi connectivity index (χ3n) is 4.17. The lowest BCUT2D eigenvalue weighted by molar-refractivity contribution is 0.584. The van der Waals surface area contributed by atoms with Gasteiger partial charge in [-0.25, -0.2) is 0 Å². The van der Waals surface area contributed by atoms with E-state index in [1.54, 1.807) is 0 Å². The fourth-order valence-corrected chi connectivity index (χ4v) is 3.01. The molecule has 1 unspecified atom stereocenters. The number of rotatable bonds is 6. The molecule has 0 aliphatic heterocycles. The van der Waals surface area contributed by atoms with Crippen LogP contribution in [0.25, 0.3) is 0 Å². The molecule has 2 aromatic carbocycles. The van der Waals surface area contributed by atoms with Crippen LogP contribution >= 0.6 is 0 Å². The van der Waals surface area contributed by atoms with Gasteiger partial charge in [-0.3, -0.25) is 5.41 Å². The molecule has 0 radical (unpaired) electrons. The molecule has 2 aromatic rings. The molecule has 0 aromatic heterocycles. The topological polar surface area (TPSA) is 53.1 Å². The zero-order valence-electron chi connectivity index (χ0n) is 12.1. The van der Waals surface area contributed by atoms with Crippen molar-refractivity contribution < 1.29 is 0 Å². The fourth-order valence-electron chi connectivity index (χ4n) is 3.01. The van der Waals surface area contributed by atoms with E-state index in [0.29, 0.717) is 12.3 Å². The summed E-state index contributed by atoms with van der Waals surface area (Å²) in [6, 6.07) is 19.1. The molecule has 3 nitrogen and oxygen atoms in total. The van der Waals surface area contributed by atoms with Crippen LogP contribution in [0.15, 0.2) is 54.6 Å². The van der Waals surface area contributed by atoms with Gasteiger partial charge in [0.25, 0.3) is 0 Å². The molecule has 0 heterocycles. The molecular formula is C18H21N3. The third kappa shape index (κ3) is 3.07. The van der Waals surface area contributed by atoms with E-state index in [1.807, 2.05) is 6.07 Å². The van der Waals surface area contributed by atoms with Crippen LogP contribution < -0.4 is 10.6 Å². The lowest BCUT2D eigenvalue weighted by Gasteiger charge is -2.36. The Labute approximate surface area is 125 Å². The van der Waals surface area contributed by atoms with Gasteiger partial charge in [-0.05, 0) is 29.7 Å². The van der Waals surface area contributed by atoms with Gasteiger partial charge < -0.3 is 10.6 Å². The molecule has 0 saturated carbocycles. The predicted molar refractivity (Wildman–Crippen MR) is 88.1 cm³/mol. The summed E-state index contributed by atoms with van der Waals surface area (Å²) in [5.41, 5.74) is 9.69. The molecule has 3 rings (SSSR count). The van der Waals surface area contributed by atoms with E-state index in [2.05, 4.69) is 53.4 Å². The van der Waals surface area contributed by atoms with Crippen molar-refractivity contribution in [2.75, 3.05) is 18.0 Å². The van der Waals surface area contributed by atoms with Crippen molar-refractivity contribution in [2.24, 2.45) is 5.73 Å². The van der Waals surface area contributed by atoms with Crippen LogP contribution in [0, 0.1) is 5.41 Å². The van der Waals surface area contributed by atoms with E-state index >= 15 is 0 Å². The number of amidine groups is 1. The molecule has 0 bridgehead atoms. The van der Waals surface area contributed by atoms with Crippen LogP contribution in [0.5, 0.6) is 0 Å². The minimum Gasteiger partial charge on any atom is -0.388 e. The van der Waals surface area contributed by atoms with Crippen LogP contribution in [0.2, 0.25) is 0 Å². The summed E-state index contributed by atoms with van der Waals surface area (Å²) >= 11 is 0. The third-order valence-corrected chi connectivity index (χ3v) is 4.17. The number of para-hydroxylation sites is 1. The molecule has 3 N–H and O–H groups in total. The first kappa shape index (κ1) is 13.7. The average molecular weight is 279 g/mol. The molecule has 1 atom stereocenters. The zero-order chi connectivity index (χ0) is 14.7. The Balaban J connectivity index is 1.73. The number of fused-ring (bicyclic) bond motifs is 1. The number of anilines is 1. The van der Waals surface area contributed by atoms with Gasteiger partial charge >= 0.3 is 0 Å². The van der Waals surface area contributed by atoms with Crippen molar-refractivity contribution in [3.05, 3.63) is 65.7 Å². The van der Waals surface area contributed by atoms with Crippen molar-refractivity contribution in [1.29, 1.82) is 5.41 Å². The van der Waals surface area contributed by atoms with Gasteiger partial charge in [-0.2, -0.15) is 0 Å². The first-order valence-corrected chi connectivity index (χ1v) is 7.45. The second-order valence-corrected chi connectivity index (χ2v) is 5.66. The Morgan fingerprint density at radius 1 is 1.10 bits per heavy atom. The molecule has 0 fully saturated rings. The largest absolute Gasteiger partial charge is 0.388 e. The number of nitrogens with two attached hydrogens (primary N) is 1.